The van der Waals surface area contributed by atoms with E-state index in [2.05, 4.69) is 0 Å². The van der Waals surface area contributed by atoms with Crippen LogP contribution in [-0.4, -0.2) is 29.5 Å². The second-order valence-corrected chi connectivity index (χ2v) is 10.8. The van der Waals surface area contributed by atoms with E-state index in [4.69, 9.17) is 9.47 Å². The molecule has 3 aromatic carbocycles. The molecule has 0 N–H and O–H groups in total. The highest BCUT2D eigenvalue weighted by Gasteiger charge is 2.24. The Hall–Kier alpha value is -4.63. The number of fused-ring (bicyclic) bond motifs is 1. The molecule has 8 nitrogen and oxygen atoms in total. The molecule has 0 aliphatic carbocycles. The lowest BCUT2D eigenvalue weighted by Gasteiger charge is -2.15. The number of ether oxygens (including phenoxy) is 2. The monoisotopic (exact) mass is 542 g/mol. The number of carbonyl (C=O) groups is 1. The van der Waals surface area contributed by atoms with E-state index in [0.29, 0.717) is 33.6 Å². The van der Waals surface area contributed by atoms with Crippen LogP contribution in [0.1, 0.15) is 22.8 Å². The Bertz CT molecular complexity index is 1850. The largest absolute Gasteiger partial charge is 0.462 e. The van der Waals surface area contributed by atoms with Gasteiger partial charge in [0, 0.05) is 36.0 Å². The zero-order valence-corrected chi connectivity index (χ0v) is 22.4. The van der Waals surface area contributed by atoms with E-state index in [9.17, 15) is 18.0 Å². The maximum atomic E-state index is 13.6. The first-order valence-corrected chi connectivity index (χ1v) is 13.7. The van der Waals surface area contributed by atoms with Crippen molar-refractivity contribution >= 4 is 26.9 Å². The molecule has 0 fully saturated rings. The van der Waals surface area contributed by atoms with Gasteiger partial charge < -0.3 is 14.0 Å². The van der Waals surface area contributed by atoms with Crippen LogP contribution >= 0.6 is 0 Å². The number of rotatable bonds is 7. The third-order valence-electron chi connectivity index (χ3n) is 6.32. The molecule has 2 aromatic heterocycles. The van der Waals surface area contributed by atoms with Gasteiger partial charge in [0.1, 0.15) is 17.0 Å². The van der Waals surface area contributed by atoms with Crippen molar-refractivity contribution in [2.75, 3.05) is 6.61 Å². The molecule has 2 heterocycles. The lowest BCUT2D eigenvalue weighted by Crippen LogP contribution is -2.22. The minimum Gasteiger partial charge on any atom is -0.462 e. The predicted octanol–water partition coefficient (Wildman–Crippen LogP) is 5.52. The van der Waals surface area contributed by atoms with Gasteiger partial charge in [-0.1, -0.05) is 35.9 Å². The number of aryl methyl sites for hydroxylation is 2. The summed E-state index contributed by atoms with van der Waals surface area (Å²) in [5, 5.41) is 0.396. The molecule has 0 saturated carbocycles. The van der Waals surface area contributed by atoms with Crippen molar-refractivity contribution < 1.29 is 22.7 Å². The van der Waals surface area contributed by atoms with Crippen LogP contribution in [0.4, 0.5) is 0 Å². The Morgan fingerprint density at radius 1 is 0.923 bits per heavy atom. The Balaban J connectivity index is 1.76. The molecule has 0 bridgehead atoms. The lowest BCUT2D eigenvalue weighted by molar-refractivity contribution is 0.0526. The summed E-state index contributed by atoms with van der Waals surface area (Å²) in [6.45, 7) is 3.79. The molecule has 0 unspecified atom stereocenters. The number of hydrogen-bond acceptors (Lipinski definition) is 6. The van der Waals surface area contributed by atoms with Gasteiger partial charge >= 0.3 is 5.97 Å². The molecule has 0 radical (unpaired) electrons. The molecule has 0 amide bonds. The first-order chi connectivity index (χ1) is 18.7. The Morgan fingerprint density at radius 2 is 1.64 bits per heavy atom. The summed E-state index contributed by atoms with van der Waals surface area (Å²) < 4.78 is 40.9. The maximum absolute atomic E-state index is 13.6. The number of pyridine rings is 1. The van der Waals surface area contributed by atoms with Gasteiger partial charge in [-0.3, -0.25) is 4.79 Å². The van der Waals surface area contributed by atoms with Crippen molar-refractivity contribution in [3.63, 3.8) is 0 Å². The number of benzene rings is 3. The molecule has 0 spiro atoms. The second-order valence-electron chi connectivity index (χ2n) is 9.00. The number of para-hydroxylation sites is 1. The third kappa shape index (κ3) is 4.84. The summed E-state index contributed by atoms with van der Waals surface area (Å²) in [4.78, 5) is 26.0. The number of carbonyl (C=O) groups excluding carboxylic acids is 1. The third-order valence-corrected chi connectivity index (χ3v) is 8.01. The van der Waals surface area contributed by atoms with Crippen molar-refractivity contribution in [2.45, 2.75) is 18.7 Å². The summed E-state index contributed by atoms with van der Waals surface area (Å²) in [7, 11) is -2.52. The second kappa shape index (κ2) is 10.3. The highest BCUT2D eigenvalue weighted by atomic mass is 32.2. The number of esters is 1. The Labute approximate surface area is 225 Å². The summed E-state index contributed by atoms with van der Waals surface area (Å²) in [5.74, 6) is 0.483. The van der Waals surface area contributed by atoms with E-state index in [0.717, 1.165) is 9.54 Å². The lowest BCUT2D eigenvalue weighted by atomic mass is 10.00. The number of hydrogen-bond donors (Lipinski definition) is 0. The summed E-state index contributed by atoms with van der Waals surface area (Å²) in [6.07, 6.45) is 2.98. The van der Waals surface area contributed by atoms with Crippen molar-refractivity contribution in [3.8, 4) is 22.6 Å². The fourth-order valence-electron chi connectivity index (χ4n) is 4.36. The van der Waals surface area contributed by atoms with Crippen LogP contribution in [-0.2, 0) is 21.8 Å². The molecular formula is C30H26N2O6S. The zero-order chi connectivity index (χ0) is 27.7. The molecule has 39 heavy (non-hydrogen) atoms. The molecule has 5 aromatic rings. The van der Waals surface area contributed by atoms with Crippen molar-refractivity contribution in [1.82, 2.24) is 8.54 Å². The van der Waals surface area contributed by atoms with Crippen LogP contribution in [0.5, 0.6) is 11.5 Å². The van der Waals surface area contributed by atoms with Crippen LogP contribution in [0.2, 0.25) is 0 Å². The average Bonchev–Trinajstić information content (AvgIpc) is 3.39. The van der Waals surface area contributed by atoms with Gasteiger partial charge in [-0.2, -0.15) is 0 Å². The molecular weight excluding hydrogens is 516 g/mol. The topological polar surface area (TPSA) is 96.6 Å². The predicted molar refractivity (Wildman–Crippen MR) is 149 cm³/mol. The normalized spacial score (nSPS) is 11.5. The minimum absolute atomic E-state index is 0.0113. The van der Waals surface area contributed by atoms with E-state index in [-0.39, 0.29) is 17.0 Å². The van der Waals surface area contributed by atoms with Crippen LogP contribution in [0, 0.1) is 6.92 Å². The van der Waals surface area contributed by atoms with Crippen molar-refractivity contribution in [1.29, 1.82) is 0 Å². The first kappa shape index (κ1) is 26.0. The summed E-state index contributed by atoms with van der Waals surface area (Å²) in [6, 6.07) is 22.0. The van der Waals surface area contributed by atoms with Gasteiger partial charge in [0.2, 0.25) is 0 Å². The zero-order valence-electron chi connectivity index (χ0n) is 21.6. The fraction of sp³-hybridized carbons (Fsp3) is 0.133. The van der Waals surface area contributed by atoms with E-state index >= 15 is 0 Å². The van der Waals surface area contributed by atoms with Crippen LogP contribution in [0.3, 0.4) is 0 Å². The Kier molecular flexibility index (Phi) is 6.84. The van der Waals surface area contributed by atoms with E-state index in [1.807, 2.05) is 25.1 Å². The highest BCUT2D eigenvalue weighted by molar-refractivity contribution is 7.90. The summed E-state index contributed by atoms with van der Waals surface area (Å²) in [5.41, 5.74) is 1.72. The van der Waals surface area contributed by atoms with E-state index in [1.165, 1.54) is 22.9 Å². The fourth-order valence-corrected chi connectivity index (χ4v) is 5.70. The molecule has 0 saturated heterocycles. The van der Waals surface area contributed by atoms with Crippen LogP contribution in [0.25, 0.3) is 22.0 Å². The van der Waals surface area contributed by atoms with Gasteiger partial charge in [0.05, 0.1) is 17.1 Å². The Morgan fingerprint density at radius 3 is 2.33 bits per heavy atom. The molecule has 0 aliphatic heterocycles. The highest BCUT2D eigenvalue weighted by Crippen LogP contribution is 2.38. The van der Waals surface area contributed by atoms with E-state index < -0.39 is 21.6 Å². The number of nitrogens with zero attached hydrogens (tertiary/aromatic N) is 2. The van der Waals surface area contributed by atoms with Gasteiger partial charge in [-0.25, -0.2) is 17.2 Å². The van der Waals surface area contributed by atoms with Crippen LogP contribution in [0.15, 0.2) is 101 Å². The average molecular weight is 543 g/mol. The standard InChI is InChI=1S/C30H26N2O6S/c1-4-37-30(34)21-12-15-27(38-22-8-6-5-7-9-22)25(18-21)26-19-31(3)29(33)28-24(26)16-17-32(28)39(35,36)23-13-10-20(2)11-14-23/h5-19H,4H2,1-3H3. The first-order valence-electron chi connectivity index (χ1n) is 12.3. The van der Waals surface area contributed by atoms with Crippen molar-refractivity contribution in [2.24, 2.45) is 7.05 Å². The van der Waals surface area contributed by atoms with Gasteiger partial charge in [0.25, 0.3) is 15.6 Å². The molecule has 198 valence electrons. The molecule has 0 aliphatic rings. The van der Waals surface area contributed by atoms with Crippen molar-refractivity contribution in [3.05, 3.63) is 113 Å². The van der Waals surface area contributed by atoms with Gasteiger partial charge in [0.15, 0.2) is 0 Å². The van der Waals surface area contributed by atoms with Gasteiger partial charge in [-0.05, 0) is 62.4 Å². The summed E-state index contributed by atoms with van der Waals surface area (Å²) >= 11 is 0. The van der Waals surface area contributed by atoms with E-state index in [1.54, 1.807) is 68.7 Å². The molecule has 0 atom stereocenters. The minimum atomic E-state index is -4.07. The SMILES string of the molecule is CCOC(=O)c1ccc(Oc2ccccc2)c(-c2cn(C)c(=O)c3c2ccn3S(=O)(=O)c2ccc(C)cc2)c1. The smallest absolute Gasteiger partial charge is 0.338 e. The van der Waals surface area contributed by atoms with Gasteiger partial charge in [-0.15, -0.1) is 0 Å². The maximum Gasteiger partial charge on any atom is 0.338 e. The van der Waals surface area contributed by atoms with Crippen LogP contribution < -0.4 is 10.3 Å². The molecule has 9 heteroatoms. The quantitative estimate of drug-likeness (QED) is 0.251. The molecule has 5 rings (SSSR count). The number of aromatic nitrogens is 2.